The maximum Gasteiger partial charge on any atom is 0.257 e. The fourth-order valence-electron chi connectivity index (χ4n) is 1.46. The Hall–Kier alpha value is -1.68. The number of halogens is 1. The SMILES string of the molecule is Cc1ncccc1C(=O)Nc1ccc(Br)cc1. The molecule has 3 nitrogen and oxygen atoms in total. The summed E-state index contributed by atoms with van der Waals surface area (Å²) in [6.07, 6.45) is 1.67. The number of anilines is 1. The molecule has 0 spiro atoms. The van der Waals surface area contributed by atoms with Crippen molar-refractivity contribution in [2.24, 2.45) is 0 Å². The zero-order chi connectivity index (χ0) is 12.3. The van der Waals surface area contributed by atoms with Crippen molar-refractivity contribution >= 4 is 27.5 Å². The lowest BCUT2D eigenvalue weighted by Gasteiger charge is -2.06. The zero-order valence-electron chi connectivity index (χ0n) is 9.27. The first kappa shape index (κ1) is 11.8. The van der Waals surface area contributed by atoms with Crippen molar-refractivity contribution in [1.29, 1.82) is 0 Å². The van der Waals surface area contributed by atoms with Crippen LogP contribution in [0.3, 0.4) is 0 Å². The van der Waals surface area contributed by atoms with Gasteiger partial charge in [-0.05, 0) is 43.3 Å². The zero-order valence-corrected chi connectivity index (χ0v) is 10.9. The molecular weight excluding hydrogens is 280 g/mol. The van der Waals surface area contributed by atoms with Gasteiger partial charge in [-0.3, -0.25) is 9.78 Å². The second-order valence-electron chi connectivity index (χ2n) is 3.60. The molecule has 1 aromatic carbocycles. The molecule has 0 radical (unpaired) electrons. The van der Waals surface area contributed by atoms with Crippen LogP contribution in [0.15, 0.2) is 47.1 Å². The molecule has 0 unspecified atom stereocenters. The van der Waals surface area contributed by atoms with Crippen molar-refractivity contribution in [1.82, 2.24) is 4.98 Å². The normalized spacial score (nSPS) is 10.0. The van der Waals surface area contributed by atoms with Gasteiger partial charge < -0.3 is 5.32 Å². The van der Waals surface area contributed by atoms with E-state index >= 15 is 0 Å². The van der Waals surface area contributed by atoms with Gasteiger partial charge in [0, 0.05) is 22.1 Å². The molecule has 0 aliphatic carbocycles. The molecular formula is C13H11BrN2O. The van der Waals surface area contributed by atoms with Gasteiger partial charge in [-0.25, -0.2) is 0 Å². The van der Waals surface area contributed by atoms with E-state index in [1.54, 1.807) is 18.3 Å². The molecule has 1 aromatic heterocycles. The van der Waals surface area contributed by atoms with Crippen molar-refractivity contribution in [2.75, 3.05) is 5.32 Å². The van der Waals surface area contributed by atoms with Gasteiger partial charge in [0.2, 0.25) is 0 Å². The van der Waals surface area contributed by atoms with E-state index in [1.807, 2.05) is 31.2 Å². The first-order valence-corrected chi connectivity index (χ1v) is 5.94. The van der Waals surface area contributed by atoms with E-state index in [0.717, 1.165) is 15.9 Å². The third kappa shape index (κ3) is 2.91. The fraction of sp³-hybridized carbons (Fsp3) is 0.0769. The number of carbonyl (C=O) groups is 1. The van der Waals surface area contributed by atoms with Crippen LogP contribution in [0.1, 0.15) is 16.1 Å². The highest BCUT2D eigenvalue weighted by molar-refractivity contribution is 9.10. The van der Waals surface area contributed by atoms with Crippen LogP contribution in [0.5, 0.6) is 0 Å². The number of hydrogen-bond donors (Lipinski definition) is 1. The van der Waals surface area contributed by atoms with Gasteiger partial charge in [0.1, 0.15) is 0 Å². The number of rotatable bonds is 2. The van der Waals surface area contributed by atoms with Crippen LogP contribution >= 0.6 is 15.9 Å². The van der Waals surface area contributed by atoms with E-state index in [4.69, 9.17) is 0 Å². The second-order valence-corrected chi connectivity index (χ2v) is 4.51. The molecule has 0 atom stereocenters. The number of benzene rings is 1. The molecule has 2 aromatic rings. The van der Waals surface area contributed by atoms with E-state index in [1.165, 1.54) is 0 Å². The standard InChI is InChI=1S/C13H11BrN2O/c1-9-12(3-2-8-15-9)13(17)16-11-6-4-10(14)5-7-11/h2-8H,1H3,(H,16,17). The van der Waals surface area contributed by atoms with Crippen molar-refractivity contribution in [3.8, 4) is 0 Å². The number of nitrogens with zero attached hydrogens (tertiary/aromatic N) is 1. The van der Waals surface area contributed by atoms with Crippen molar-refractivity contribution < 1.29 is 4.79 Å². The minimum absolute atomic E-state index is 0.141. The summed E-state index contributed by atoms with van der Waals surface area (Å²) in [6.45, 7) is 1.82. The van der Waals surface area contributed by atoms with E-state index in [0.29, 0.717) is 5.56 Å². The van der Waals surface area contributed by atoms with Gasteiger partial charge in [0.15, 0.2) is 0 Å². The lowest BCUT2D eigenvalue weighted by molar-refractivity contribution is 0.102. The predicted octanol–water partition coefficient (Wildman–Crippen LogP) is 3.40. The summed E-state index contributed by atoms with van der Waals surface area (Å²) < 4.78 is 0.980. The maximum atomic E-state index is 12.0. The minimum Gasteiger partial charge on any atom is -0.322 e. The fourth-order valence-corrected chi connectivity index (χ4v) is 1.72. The van der Waals surface area contributed by atoms with Crippen molar-refractivity contribution in [2.45, 2.75) is 6.92 Å². The van der Waals surface area contributed by atoms with Gasteiger partial charge in [-0.1, -0.05) is 15.9 Å². The van der Waals surface area contributed by atoms with Crippen LogP contribution < -0.4 is 5.32 Å². The molecule has 0 aliphatic rings. The third-order valence-electron chi connectivity index (χ3n) is 2.35. The Morgan fingerprint density at radius 3 is 2.59 bits per heavy atom. The van der Waals surface area contributed by atoms with E-state index in [9.17, 15) is 4.79 Å². The lowest BCUT2D eigenvalue weighted by Crippen LogP contribution is -2.13. The molecule has 1 amide bonds. The van der Waals surface area contributed by atoms with Gasteiger partial charge in [-0.2, -0.15) is 0 Å². The summed E-state index contributed by atoms with van der Waals surface area (Å²) in [4.78, 5) is 16.0. The Morgan fingerprint density at radius 1 is 1.24 bits per heavy atom. The van der Waals surface area contributed by atoms with Crippen molar-refractivity contribution in [3.63, 3.8) is 0 Å². The molecule has 4 heteroatoms. The smallest absolute Gasteiger partial charge is 0.257 e. The molecule has 0 saturated heterocycles. The molecule has 1 N–H and O–H groups in total. The first-order chi connectivity index (χ1) is 8.16. The highest BCUT2D eigenvalue weighted by atomic mass is 79.9. The van der Waals surface area contributed by atoms with Crippen LogP contribution in [0.4, 0.5) is 5.69 Å². The molecule has 0 aliphatic heterocycles. The van der Waals surface area contributed by atoms with Crippen LogP contribution in [-0.4, -0.2) is 10.9 Å². The van der Waals surface area contributed by atoms with Crippen LogP contribution in [-0.2, 0) is 0 Å². The highest BCUT2D eigenvalue weighted by Crippen LogP contribution is 2.15. The monoisotopic (exact) mass is 290 g/mol. The lowest BCUT2D eigenvalue weighted by atomic mass is 10.2. The molecule has 0 bridgehead atoms. The summed E-state index contributed by atoms with van der Waals surface area (Å²) in [6, 6.07) is 11.0. The molecule has 2 rings (SSSR count). The Balaban J connectivity index is 2.17. The summed E-state index contributed by atoms with van der Waals surface area (Å²) in [5.74, 6) is -0.141. The van der Waals surface area contributed by atoms with Crippen molar-refractivity contribution in [3.05, 3.63) is 58.3 Å². The topological polar surface area (TPSA) is 42.0 Å². The summed E-state index contributed by atoms with van der Waals surface area (Å²) >= 11 is 3.35. The average molecular weight is 291 g/mol. The van der Waals surface area contributed by atoms with Crippen LogP contribution in [0.25, 0.3) is 0 Å². The van der Waals surface area contributed by atoms with Gasteiger partial charge in [0.05, 0.1) is 5.56 Å². The van der Waals surface area contributed by atoms with Gasteiger partial charge in [-0.15, -0.1) is 0 Å². The molecule has 17 heavy (non-hydrogen) atoms. The Bertz CT molecular complexity index is 537. The highest BCUT2D eigenvalue weighted by Gasteiger charge is 2.08. The Morgan fingerprint density at radius 2 is 1.94 bits per heavy atom. The second kappa shape index (κ2) is 5.10. The number of pyridine rings is 1. The first-order valence-electron chi connectivity index (χ1n) is 5.15. The van der Waals surface area contributed by atoms with E-state index < -0.39 is 0 Å². The van der Waals surface area contributed by atoms with E-state index in [2.05, 4.69) is 26.2 Å². The molecule has 1 heterocycles. The number of aromatic nitrogens is 1. The Labute approximate surface area is 108 Å². The summed E-state index contributed by atoms with van der Waals surface area (Å²) in [5, 5.41) is 2.83. The average Bonchev–Trinajstić information content (AvgIpc) is 2.32. The summed E-state index contributed by atoms with van der Waals surface area (Å²) in [7, 11) is 0. The number of carbonyl (C=O) groups excluding carboxylic acids is 1. The Kier molecular flexibility index (Phi) is 3.54. The number of aryl methyl sites for hydroxylation is 1. The molecule has 0 fully saturated rings. The third-order valence-corrected chi connectivity index (χ3v) is 2.88. The largest absolute Gasteiger partial charge is 0.322 e. The minimum atomic E-state index is -0.141. The quantitative estimate of drug-likeness (QED) is 0.921. The van der Waals surface area contributed by atoms with Gasteiger partial charge in [0.25, 0.3) is 5.91 Å². The van der Waals surface area contributed by atoms with Crippen LogP contribution in [0.2, 0.25) is 0 Å². The number of nitrogens with one attached hydrogen (secondary N) is 1. The molecule has 86 valence electrons. The molecule has 0 saturated carbocycles. The van der Waals surface area contributed by atoms with Gasteiger partial charge >= 0.3 is 0 Å². The van der Waals surface area contributed by atoms with Crippen LogP contribution in [0, 0.1) is 6.92 Å². The number of hydrogen-bond acceptors (Lipinski definition) is 2. The predicted molar refractivity (Wildman–Crippen MR) is 71.1 cm³/mol. The van der Waals surface area contributed by atoms with E-state index in [-0.39, 0.29) is 5.91 Å². The maximum absolute atomic E-state index is 12.0. The number of amides is 1. The summed E-state index contributed by atoms with van der Waals surface area (Å²) in [5.41, 5.74) is 2.08.